The Balaban J connectivity index is 1.99. The maximum Gasteiger partial charge on any atom is 0.417 e. The Morgan fingerprint density at radius 3 is 2.50 bits per heavy atom. The van der Waals surface area contributed by atoms with Gasteiger partial charge in [-0.15, -0.1) is 0 Å². The number of hydrogen-bond donors (Lipinski definition) is 1. The van der Waals surface area contributed by atoms with Crippen LogP contribution in [0.1, 0.15) is 29.8 Å². The Morgan fingerprint density at radius 1 is 1.25 bits per heavy atom. The largest absolute Gasteiger partial charge is 0.417 e. The van der Waals surface area contributed by atoms with Gasteiger partial charge in [-0.1, -0.05) is 30.3 Å². The van der Waals surface area contributed by atoms with Crippen molar-refractivity contribution in [2.24, 2.45) is 7.05 Å². The SMILES string of the molecule is Cc1nn(C)c2c1c(C(F)(F)F)cc(=O)n2CC(=O)NC(C)c1ccccc1. The van der Waals surface area contributed by atoms with Crippen LogP contribution in [-0.2, 0) is 24.6 Å². The predicted octanol–water partition coefficient (Wildman–Crippen LogP) is 2.94. The van der Waals surface area contributed by atoms with Crippen molar-refractivity contribution in [2.45, 2.75) is 32.6 Å². The smallest absolute Gasteiger partial charge is 0.348 e. The Bertz CT molecular complexity index is 1080. The summed E-state index contributed by atoms with van der Waals surface area (Å²) in [5, 5.41) is 6.58. The molecule has 3 rings (SSSR count). The Labute approximate surface area is 158 Å². The molecule has 0 saturated carbocycles. The highest BCUT2D eigenvalue weighted by Gasteiger charge is 2.36. The first-order valence-corrected chi connectivity index (χ1v) is 8.58. The number of nitrogens with zero attached hydrogens (tertiary/aromatic N) is 3. The van der Waals surface area contributed by atoms with Crippen LogP contribution in [0.15, 0.2) is 41.2 Å². The van der Waals surface area contributed by atoms with E-state index in [1.54, 1.807) is 6.92 Å². The molecule has 1 atom stereocenters. The fourth-order valence-corrected chi connectivity index (χ4v) is 3.28. The molecule has 0 aliphatic heterocycles. The second kappa shape index (κ2) is 7.14. The van der Waals surface area contributed by atoms with Gasteiger partial charge in [-0.3, -0.25) is 18.8 Å². The van der Waals surface area contributed by atoms with Crippen molar-refractivity contribution in [1.82, 2.24) is 19.7 Å². The van der Waals surface area contributed by atoms with E-state index in [0.29, 0.717) is 6.07 Å². The minimum atomic E-state index is -4.70. The molecule has 1 unspecified atom stereocenters. The number of hydrogen-bond acceptors (Lipinski definition) is 3. The molecule has 1 amide bonds. The topological polar surface area (TPSA) is 68.9 Å². The molecule has 0 aliphatic rings. The minimum absolute atomic E-state index is 0.0418. The Morgan fingerprint density at radius 2 is 1.89 bits per heavy atom. The number of benzene rings is 1. The van der Waals surface area contributed by atoms with Crippen LogP contribution in [0.4, 0.5) is 13.2 Å². The third-order valence-corrected chi connectivity index (χ3v) is 4.53. The van der Waals surface area contributed by atoms with E-state index < -0.39 is 29.8 Å². The highest BCUT2D eigenvalue weighted by atomic mass is 19.4. The van der Waals surface area contributed by atoms with Gasteiger partial charge in [-0.05, 0) is 19.4 Å². The van der Waals surface area contributed by atoms with Gasteiger partial charge in [0, 0.05) is 13.1 Å². The zero-order valence-electron chi connectivity index (χ0n) is 15.5. The van der Waals surface area contributed by atoms with Gasteiger partial charge in [0.05, 0.1) is 22.7 Å². The quantitative estimate of drug-likeness (QED) is 0.742. The number of halogens is 3. The van der Waals surface area contributed by atoms with E-state index in [-0.39, 0.29) is 22.8 Å². The van der Waals surface area contributed by atoms with E-state index in [9.17, 15) is 22.8 Å². The van der Waals surface area contributed by atoms with Gasteiger partial charge in [0.25, 0.3) is 5.56 Å². The van der Waals surface area contributed by atoms with E-state index in [4.69, 9.17) is 0 Å². The number of nitrogens with one attached hydrogen (secondary N) is 1. The summed E-state index contributed by atoms with van der Waals surface area (Å²) in [6.07, 6.45) is -4.70. The van der Waals surface area contributed by atoms with E-state index in [2.05, 4.69) is 10.4 Å². The van der Waals surface area contributed by atoms with Crippen molar-refractivity contribution < 1.29 is 18.0 Å². The molecule has 148 valence electrons. The number of amides is 1. The third kappa shape index (κ3) is 3.64. The summed E-state index contributed by atoms with van der Waals surface area (Å²) in [6.45, 7) is 2.81. The summed E-state index contributed by atoms with van der Waals surface area (Å²) in [7, 11) is 1.44. The summed E-state index contributed by atoms with van der Waals surface area (Å²) < 4.78 is 42.3. The molecule has 2 aromatic heterocycles. The molecule has 28 heavy (non-hydrogen) atoms. The molecule has 0 aliphatic carbocycles. The normalized spacial score (nSPS) is 12.9. The summed E-state index contributed by atoms with van der Waals surface area (Å²) >= 11 is 0. The van der Waals surface area contributed by atoms with E-state index in [0.717, 1.165) is 10.1 Å². The van der Waals surface area contributed by atoms with Crippen LogP contribution in [0.5, 0.6) is 0 Å². The Kier molecular flexibility index (Phi) is 5.01. The van der Waals surface area contributed by atoms with E-state index in [1.807, 2.05) is 30.3 Å². The minimum Gasteiger partial charge on any atom is -0.348 e. The molecule has 3 aromatic rings. The molecular formula is C19H19F3N4O2. The monoisotopic (exact) mass is 392 g/mol. The van der Waals surface area contributed by atoms with Crippen LogP contribution in [0.3, 0.4) is 0 Å². The average Bonchev–Trinajstić information content (AvgIpc) is 2.91. The number of alkyl halides is 3. The molecule has 9 heteroatoms. The molecule has 0 saturated heterocycles. The summed E-state index contributed by atoms with van der Waals surface area (Å²) in [4.78, 5) is 24.9. The maximum atomic E-state index is 13.4. The van der Waals surface area contributed by atoms with Crippen molar-refractivity contribution in [1.29, 1.82) is 0 Å². The maximum absolute atomic E-state index is 13.4. The van der Waals surface area contributed by atoms with Crippen LogP contribution in [-0.4, -0.2) is 20.3 Å². The number of pyridine rings is 1. The fourth-order valence-electron chi connectivity index (χ4n) is 3.28. The summed E-state index contributed by atoms with van der Waals surface area (Å²) in [5.41, 5.74) is -0.994. The van der Waals surface area contributed by atoms with E-state index >= 15 is 0 Å². The van der Waals surface area contributed by atoms with Crippen LogP contribution < -0.4 is 10.9 Å². The lowest BCUT2D eigenvalue weighted by Crippen LogP contribution is -2.34. The number of fused-ring (bicyclic) bond motifs is 1. The van der Waals surface area contributed by atoms with Crippen LogP contribution in [0, 0.1) is 6.92 Å². The molecule has 0 fully saturated rings. The van der Waals surface area contributed by atoms with E-state index in [1.165, 1.54) is 18.7 Å². The first-order chi connectivity index (χ1) is 13.1. The van der Waals surface area contributed by atoms with Gasteiger partial charge in [-0.25, -0.2) is 0 Å². The van der Waals surface area contributed by atoms with Crippen molar-refractivity contribution in [2.75, 3.05) is 0 Å². The number of carbonyl (C=O) groups excluding carboxylic acids is 1. The molecule has 0 spiro atoms. The molecule has 2 heterocycles. The second-order valence-corrected chi connectivity index (χ2v) is 6.59. The lowest BCUT2D eigenvalue weighted by Gasteiger charge is -2.16. The van der Waals surface area contributed by atoms with Crippen LogP contribution in [0.2, 0.25) is 0 Å². The summed E-state index contributed by atoms with van der Waals surface area (Å²) in [6, 6.07) is 9.41. The van der Waals surface area contributed by atoms with Gasteiger partial charge in [0.15, 0.2) is 0 Å². The van der Waals surface area contributed by atoms with Crippen molar-refractivity contribution >= 4 is 16.9 Å². The van der Waals surface area contributed by atoms with Gasteiger partial charge in [-0.2, -0.15) is 18.3 Å². The third-order valence-electron chi connectivity index (χ3n) is 4.53. The molecule has 1 aromatic carbocycles. The Hall–Kier alpha value is -3.10. The molecule has 0 radical (unpaired) electrons. The van der Waals surface area contributed by atoms with Crippen molar-refractivity contribution in [3.05, 3.63) is 63.6 Å². The molecule has 0 bridgehead atoms. The lowest BCUT2D eigenvalue weighted by molar-refractivity contribution is -0.136. The first kappa shape index (κ1) is 19.7. The van der Waals surface area contributed by atoms with Gasteiger partial charge in [0.2, 0.25) is 5.91 Å². The number of aromatic nitrogens is 3. The lowest BCUT2D eigenvalue weighted by atomic mass is 10.1. The van der Waals surface area contributed by atoms with Crippen molar-refractivity contribution in [3.8, 4) is 0 Å². The fraction of sp³-hybridized carbons (Fsp3) is 0.316. The molecule has 6 nitrogen and oxygen atoms in total. The second-order valence-electron chi connectivity index (χ2n) is 6.59. The highest BCUT2D eigenvalue weighted by molar-refractivity contribution is 5.85. The standard InChI is InChI=1S/C19H19F3N4O2/c1-11(13-7-5-4-6-8-13)23-15(27)10-26-16(28)9-14(19(20,21)22)17-12(2)24-25(3)18(17)26/h4-9,11H,10H2,1-3H3,(H,23,27). The predicted molar refractivity (Wildman–Crippen MR) is 97.7 cm³/mol. The van der Waals surface area contributed by atoms with Crippen LogP contribution in [0.25, 0.3) is 11.0 Å². The number of carbonyl (C=O) groups is 1. The van der Waals surface area contributed by atoms with Gasteiger partial charge in [0.1, 0.15) is 12.2 Å². The summed E-state index contributed by atoms with van der Waals surface area (Å²) in [5.74, 6) is -0.488. The zero-order chi connectivity index (χ0) is 20.6. The number of aryl methyl sites for hydroxylation is 2. The zero-order valence-corrected chi connectivity index (χ0v) is 15.5. The van der Waals surface area contributed by atoms with Crippen molar-refractivity contribution in [3.63, 3.8) is 0 Å². The molecule has 1 N–H and O–H groups in total. The average molecular weight is 392 g/mol. The van der Waals surface area contributed by atoms with Gasteiger partial charge < -0.3 is 5.32 Å². The first-order valence-electron chi connectivity index (χ1n) is 8.58. The highest BCUT2D eigenvalue weighted by Crippen LogP contribution is 2.35. The number of rotatable bonds is 4. The van der Waals surface area contributed by atoms with Crippen LogP contribution >= 0.6 is 0 Å². The van der Waals surface area contributed by atoms with Gasteiger partial charge >= 0.3 is 6.18 Å². The molecular weight excluding hydrogens is 373 g/mol.